The summed E-state index contributed by atoms with van der Waals surface area (Å²) in [5.41, 5.74) is 1.53. The van der Waals surface area contributed by atoms with E-state index in [1.54, 1.807) is 12.3 Å². The lowest BCUT2D eigenvalue weighted by molar-refractivity contribution is 0.937. The molecule has 0 fully saturated rings. The van der Waals surface area contributed by atoms with Gasteiger partial charge in [0.2, 0.25) is 0 Å². The molecule has 0 saturated heterocycles. The lowest BCUT2D eigenvalue weighted by atomic mass is 10.2. The van der Waals surface area contributed by atoms with E-state index in [1.165, 1.54) is 0 Å². The van der Waals surface area contributed by atoms with E-state index in [1.807, 2.05) is 13.8 Å². The van der Waals surface area contributed by atoms with Gasteiger partial charge in [0.25, 0.3) is 0 Å². The molecule has 2 heterocycles. The number of hydrogen-bond donors (Lipinski definition) is 1. The van der Waals surface area contributed by atoms with Gasteiger partial charge in [0.15, 0.2) is 0 Å². The Morgan fingerprint density at radius 2 is 1.90 bits per heavy atom. The molecule has 4 nitrogen and oxygen atoms in total. The minimum Gasteiger partial charge on any atom is -0.368 e. The van der Waals surface area contributed by atoms with Crippen LogP contribution in [0.15, 0.2) is 12.3 Å². The zero-order valence-corrected chi connectivity index (χ0v) is 13.3. The van der Waals surface area contributed by atoms with Gasteiger partial charge in [-0.15, -0.1) is 0 Å². The second-order valence-electron chi connectivity index (χ2n) is 4.28. The quantitative estimate of drug-likeness (QED) is 0.916. The van der Waals surface area contributed by atoms with Crippen molar-refractivity contribution < 1.29 is 0 Å². The molecule has 0 aliphatic rings. The van der Waals surface area contributed by atoms with E-state index in [2.05, 4.69) is 20.3 Å². The fourth-order valence-electron chi connectivity index (χ4n) is 1.74. The maximum Gasteiger partial charge on any atom is 0.148 e. The Morgan fingerprint density at radius 1 is 1.15 bits per heavy atom. The number of aryl methyl sites for hydroxylation is 2. The lowest BCUT2D eigenvalue weighted by Crippen LogP contribution is -2.10. The standard InChI is InChI=1S/C13H13Cl3N4/c1-7-12(16)13(20-8(2)19-7)17-4-3-11-10(15)5-9(14)6-18-11/h5-6H,3-4H2,1-2H3,(H,17,19,20). The van der Waals surface area contributed by atoms with Crippen LogP contribution in [0.2, 0.25) is 15.1 Å². The van der Waals surface area contributed by atoms with Gasteiger partial charge in [0, 0.05) is 19.2 Å². The molecule has 0 spiro atoms. The smallest absolute Gasteiger partial charge is 0.148 e. The number of rotatable bonds is 4. The highest BCUT2D eigenvalue weighted by Crippen LogP contribution is 2.23. The molecular weight excluding hydrogens is 319 g/mol. The number of hydrogen-bond acceptors (Lipinski definition) is 4. The number of nitrogens with zero attached hydrogens (tertiary/aromatic N) is 3. The molecule has 2 aromatic heterocycles. The molecule has 0 saturated carbocycles. The second-order valence-corrected chi connectivity index (χ2v) is 5.50. The van der Waals surface area contributed by atoms with Crippen molar-refractivity contribution in [1.82, 2.24) is 15.0 Å². The number of halogens is 3. The third-order valence-electron chi connectivity index (χ3n) is 2.67. The minimum absolute atomic E-state index is 0.525. The zero-order valence-electron chi connectivity index (χ0n) is 11.0. The molecule has 1 N–H and O–H groups in total. The van der Waals surface area contributed by atoms with Crippen LogP contribution in [0.25, 0.3) is 0 Å². The molecule has 0 bridgehead atoms. The van der Waals surface area contributed by atoms with Crippen molar-refractivity contribution in [3.05, 3.63) is 44.5 Å². The van der Waals surface area contributed by atoms with Gasteiger partial charge in [-0.2, -0.15) is 0 Å². The molecule has 0 aromatic carbocycles. The number of nitrogens with one attached hydrogen (secondary N) is 1. The third kappa shape index (κ3) is 3.72. The Bertz CT molecular complexity index is 631. The van der Waals surface area contributed by atoms with Gasteiger partial charge >= 0.3 is 0 Å². The first kappa shape index (κ1) is 15.3. The van der Waals surface area contributed by atoms with Gasteiger partial charge in [0.05, 0.1) is 21.4 Å². The maximum atomic E-state index is 6.15. The summed E-state index contributed by atoms with van der Waals surface area (Å²) in [6.45, 7) is 4.29. The van der Waals surface area contributed by atoms with Gasteiger partial charge in [-0.25, -0.2) is 9.97 Å². The fourth-order valence-corrected chi connectivity index (χ4v) is 2.37. The molecular formula is C13H13Cl3N4. The van der Waals surface area contributed by atoms with Crippen molar-refractivity contribution in [2.24, 2.45) is 0 Å². The summed E-state index contributed by atoms with van der Waals surface area (Å²) in [7, 11) is 0. The third-order valence-corrected chi connectivity index (χ3v) is 3.65. The predicted molar refractivity (Wildman–Crippen MR) is 83.0 cm³/mol. The first-order chi connectivity index (χ1) is 9.47. The van der Waals surface area contributed by atoms with Crippen LogP contribution in [0, 0.1) is 13.8 Å². The summed E-state index contributed by atoms with van der Waals surface area (Å²) in [5.74, 6) is 1.30. The Balaban J connectivity index is 2.03. The normalized spacial score (nSPS) is 10.7. The Kier molecular flexibility index (Phi) is 5.02. The summed E-state index contributed by atoms with van der Waals surface area (Å²) in [6.07, 6.45) is 2.23. The predicted octanol–water partition coefficient (Wildman–Crippen LogP) is 4.10. The molecule has 0 radical (unpaired) electrons. The summed E-state index contributed by atoms with van der Waals surface area (Å²) in [4.78, 5) is 12.7. The molecule has 0 atom stereocenters. The van der Waals surface area contributed by atoms with Crippen LogP contribution in [-0.4, -0.2) is 21.5 Å². The van der Waals surface area contributed by atoms with Crippen molar-refractivity contribution in [1.29, 1.82) is 0 Å². The summed E-state index contributed by atoms with van der Waals surface area (Å²) >= 11 is 18.0. The largest absolute Gasteiger partial charge is 0.368 e. The van der Waals surface area contributed by atoms with Crippen molar-refractivity contribution >= 4 is 40.6 Å². The average molecular weight is 332 g/mol. The van der Waals surface area contributed by atoms with E-state index in [0.29, 0.717) is 39.7 Å². The van der Waals surface area contributed by atoms with Crippen LogP contribution in [0.4, 0.5) is 5.82 Å². The second kappa shape index (κ2) is 6.57. The average Bonchev–Trinajstić information content (AvgIpc) is 2.37. The summed E-state index contributed by atoms with van der Waals surface area (Å²) in [5, 5.41) is 4.78. The molecule has 20 heavy (non-hydrogen) atoms. The van der Waals surface area contributed by atoms with Crippen LogP contribution in [-0.2, 0) is 6.42 Å². The van der Waals surface area contributed by atoms with Crippen molar-refractivity contribution in [3.8, 4) is 0 Å². The van der Waals surface area contributed by atoms with Gasteiger partial charge in [-0.1, -0.05) is 34.8 Å². The van der Waals surface area contributed by atoms with Gasteiger partial charge in [-0.3, -0.25) is 4.98 Å². The molecule has 2 rings (SSSR count). The summed E-state index contributed by atoms with van der Waals surface area (Å²) < 4.78 is 0. The topological polar surface area (TPSA) is 50.7 Å². The number of anilines is 1. The lowest BCUT2D eigenvalue weighted by Gasteiger charge is -2.10. The van der Waals surface area contributed by atoms with Crippen LogP contribution in [0.1, 0.15) is 17.2 Å². The molecule has 106 valence electrons. The number of aromatic nitrogens is 3. The van der Waals surface area contributed by atoms with E-state index in [0.717, 1.165) is 11.4 Å². The molecule has 0 aliphatic carbocycles. The van der Waals surface area contributed by atoms with Gasteiger partial charge in [-0.05, 0) is 19.9 Å². The van der Waals surface area contributed by atoms with E-state index < -0.39 is 0 Å². The van der Waals surface area contributed by atoms with Crippen LogP contribution < -0.4 is 5.32 Å². The molecule has 2 aromatic rings. The summed E-state index contributed by atoms with van der Waals surface area (Å²) in [6, 6.07) is 1.68. The highest BCUT2D eigenvalue weighted by atomic mass is 35.5. The molecule has 7 heteroatoms. The van der Waals surface area contributed by atoms with E-state index >= 15 is 0 Å². The SMILES string of the molecule is Cc1nc(C)c(Cl)c(NCCc2ncc(Cl)cc2Cl)n1. The maximum absolute atomic E-state index is 6.15. The number of pyridine rings is 1. The Hall–Kier alpha value is -1.10. The minimum atomic E-state index is 0.525. The monoisotopic (exact) mass is 330 g/mol. The van der Waals surface area contributed by atoms with Crippen molar-refractivity contribution in [3.63, 3.8) is 0 Å². The van der Waals surface area contributed by atoms with Crippen molar-refractivity contribution in [2.45, 2.75) is 20.3 Å². The Labute approximate surface area is 132 Å². The highest BCUT2D eigenvalue weighted by molar-refractivity contribution is 6.34. The first-order valence-corrected chi connectivity index (χ1v) is 7.15. The first-order valence-electron chi connectivity index (χ1n) is 6.02. The van der Waals surface area contributed by atoms with Gasteiger partial charge in [0.1, 0.15) is 16.7 Å². The molecule has 0 unspecified atom stereocenters. The van der Waals surface area contributed by atoms with E-state index in [-0.39, 0.29) is 0 Å². The van der Waals surface area contributed by atoms with E-state index in [4.69, 9.17) is 34.8 Å². The molecule has 0 aliphatic heterocycles. The van der Waals surface area contributed by atoms with Crippen molar-refractivity contribution in [2.75, 3.05) is 11.9 Å². The van der Waals surface area contributed by atoms with Crippen LogP contribution >= 0.6 is 34.8 Å². The highest BCUT2D eigenvalue weighted by Gasteiger charge is 2.08. The Morgan fingerprint density at radius 3 is 2.60 bits per heavy atom. The zero-order chi connectivity index (χ0) is 14.7. The van der Waals surface area contributed by atoms with Crippen LogP contribution in [0.3, 0.4) is 0 Å². The van der Waals surface area contributed by atoms with Crippen LogP contribution in [0.5, 0.6) is 0 Å². The molecule has 0 amide bonds. The van der Waals surface area contributed by atoms with E-state index in [9.17, 15) is 0 Å². The van der Waals surface area contributed by atoms with Gasteiger partial charge < -0.3 is 5.32 Å². The fraction of sp³-hybridized carbons (Fsp3) is 0.308.